The first-order valence-electron chi connectivity index (χ1n) is 11.0. The van der Waals surface area contributed by atoms with E-state index in [4.69, 9.17) is 4.74 Å². The zero-order chi connectivity index (χ0) is 24.6. The maximum Gasteiger partial charge on any atom is 0.311 e. The van der Waals surface area contributed by atoms with Crippen LogP contribution >= 0.6 is 11.3 Å². The molecule has 0 radical (unpaired) electrons. The lowest BCUT2D eigenvalue weighted by atomic mass is 10.2. The predicted molar refractivity (Wildman–Crippen MR) is 128 cm³/mol. The number of ether oxygens (including phenoxy) is 1. The Balaban J connectivity index is 1.45. The first-order chi connectivity index (χ1) is 16.2. The minimum atomic E-state index is -3.43. The summed E-state index contributed by atoms with van der Waals surface area (Å²) < 4.78 is 28.5. The van der Waals surface area contributed by atoms with Gasteiger partial charge in [0.05, 0.1) is 11.8 Å². The van der Waals surface area contributed by atoms with Crippen LogP contribution < -0.4 is 15.4 Å². The third-order valence-electron chi connectivity index (χ3n) is 5.16. The van der Waals surface area contributed by atoms with E-state index >= 15 is 0 Å². The van der Waals surface area contributed by atoms with Gasteiger partial charge >= 0.3 is 5.97 Å². The first kappa shape index (κ1) is 25.8. The third kappa shape index (κ3) is 7.89. The minimum Gasteiger partial charge on any atom is -0.426 e. The second kappa shape index (κ2) is 12.0. The van der Waals surface area contributed by atoms with Gasteiger partial charge in [-0.05, 0) is 44.5 Å². The van der Waals surface area contributed by atoms with Crippen LogP contribution in [0.15, 0.2) is 34.7 Å². The number of rotatable bonds is 11. The van der Waals surface area contributed by atoms with Gasteiger partial charge in [-0.15, -0.1) is 0 Å². The van der Waals surface area contributed by atoms with Crippen LogP contribution in [0.4, 0.5) is 5.13 Å². The van der Waals surface area contributed by atoms with E-state index in [0.717, 1.165) is 37.2 Å². The Kier molecular flexibility index (Phi) is 9.13. The summed E-state index contributed by atoms with van der Waals surface area (Å²) >= 11 is 0.830. The molecule has 2 heterocycles. The molecular weight excluding hydrogens is 480 g/mol. The highest BCUT2D eigenvalue weighted by Crippen LogP contribution is 2.25. The van der Waals surface area contributed by atoms with Gasteiger partial charge in [0, 0.05) is 32.2 Å². The Hall–Kier alpha value is -2.83. The summed E-state index contributed by atoms with van der Waals surface area (Å²) in [5.41, 5.74) is 0.103. The maximum atomic E-state index is 12.6. The number of likely N-dealkylation sites (tertiary alicyclic amines) is 1. The Morgan fingerprint density at radius 3 is 2.59 bits per heavy atom. The molecule has 1 aliphatic heterocycles. The van der Waals surface area contributed by atoms with E-state index in [2.05, 4.69) is 20.5 Å². The van der Waals surface area contributed by atoms with E-state index in [1.807, 2.05) is 0 Å². The fourth-order valence-electron chi connectivity index (χ4n) is 3.41. The number of thiazole rings is 1. The summed E-state index contributed by atoms with van der Waals surface area (Å²) in [5.74, 6) is -1.18. The van der Waals surface area contributed by atoms with Crippen molar-refractivity contribution < 1.29 is 27.5 Å². The standard InChI is InChI=1S/C22H28N4O6S2/c1-34(30,31)20-15-24-22(33-20)25-21(29)16-7-2-3-8-17(16)32-19(28)10-6-9-18(27)23-11-14-26-12-4-5-13-26/h2-3,7-8,15H,4-6,9-14H2,1H3,(H,23,27)(H,24,25,29). The largest absolute Gasteiger partial charge is 0.426 e. The molecule has 1 saturated heterocycles. The number of carbonyl (C=O) groups is 3. The predicted octanol–water partition coefficient (Wildman–Crippen LogP) is 2.09. The normalized spacial score (nSPS) is 14.0. The molecule has 1 fully saturated rings. The fourth-order valence-corrected chi connectivity index (χ4v) is 5.04. The topological polar surface area (TPSA) is 135 Å². The summed E-state index contributed by atoms with van der Waals surface area (Å²) in [6.45, 7) is 3.58. The maximum absolute atomic E-state index is 12.6. The van der Waals surface area contributed by atoms with Crippen LogP contribution in [0.3, 0.4) is 0 Å². The van der Waals surface area contributed by atoms with E-state index in [-0.39, 0.29) is 39.4 Å². The average Bonchev–Trinajstić information content (AvgIpc) is 3.46. The van der Waals surface area contributed by atoms with Crippen molar-refractivity contribution in [2.24, 2.45) is 0 Å². The summed E-state index contributed by atoms with van der Waals surface area (Å²) in [6.07, 6.45) is 5.20. The summed E-state index contributed by atoms with van der Waals surface area (Å²) in [7, 11) is -3.43. The van der Waals surface area contributed by atoms with Gasteiger partial charge in [-0.25, -0.2) is 13.4 Å². The van der Waals surface area contributed by atoms with E-state index < -0.39 is 21.7 Å². The number of para-hydroxylation sites is 1. The molecule has 0 atom stereocenters. The van der Waals surface area contributed by atoms with Crippen LogP contribution in [0.1, 0.15) is 42.5 Å². The molecule has 1 aliphatic rings. The summed E-state index contributed by atoms with van der Waals surface area (Å²) in [6, 6.07) is 6.21. The van der Waals surface area contributed by atoms with Crippen LogP contribution in [0.5, 0.6) is 5.75 Å². The molecule has 184 valence electrons. The monoisotopic (exact) mass is 508 g/mol. The summed E-state index contributed by atoms with van der Waals surface area (Å²) in [5, 5.41) is 5.49. The highest BCUT2D eigenvalue weighted by Gasteiger charge is 2.18. The second-order valence-corrected chi connectivity index (χ2v) is 11.2. The average molecular weight is 509 g/mol. The highest BCUT2D eigenvalue weighted by molar-refractivity contribution is 7.92. The Morgan fingerprint density at radius 2 is 1.88 bits per heavy atom. The molecule has 0 spiro atoms. The molecule has 2 aromatic rings. The quantitative estimate of drug-likeness (QED) is 0.348. The van der Waals surface area contributed by atoms with Gasteiger partial charge < -0.3 is 15.0 Å². The molecule has 0 unspecified atom stereocenters. The van der Waals surface area contributed by atoms with Crippen LogP contribution in [0, 0.1) is 0 Å². The molecule has 10 nitrogen and oxygen atoms in total. The SMILES string of the molecule is CS(=O)(=O)c1cnc(NC(=O)c2ccccc2OC(=O)CCCC(=O)NCCN2CCCC2)s1. The van der Waals surface area contributed by atoms with Gasteiger partial charge in [-0.3, -0.25) is 19.7 Å². The number of esters is 1. The Bertz CT molecular complexity index is 1130. The molecule has 0 aliphatic carbocycles. The molecular formula is C22H28N4O6S2. The number of sulfone groups is 1. The number of nitrogens with one attached hydrogen (secondary N) is 2. The van der Waals surface area contributed by atoms with E-state index in [9.17, 15) is 22.8 Å². The molecule has 2 amide bonds. The molecule has 0 saturated carbocycles. The Labute approximate surface area is 202 Å². The van der Waals surface area contributed by atoms with Crippen molar-refractivity contribution in [2.75, 3.05) is 37.8 Å². The van der Waals surface area contributed by atoms with Gasteiger partial charge in [-0.2, -0.15) is 0 Å². The van der Waals surface area contributed by atoms with Crippen molar-refractivity contribution in [1.29, 1.82) is 0 Å². The minimum absolute atomic E-state index is 0.0275. The number of hydrogen-bond donors (Lipinski definition) is 2. The number of hydrogen-bond acceptors (Lipinski definition) is 9. The van der Waals surface area contributed by atoms with Crippen LogP contribution in [-0.2, 0) is 19.4 Å². The molecule has 1 aromatic carbocycles. The Morgan fingerprint density at radius 1 is 1.15 bits per heavy atom. The zero-order valence-corrected chi connectivity index (χ0v) is 20.5. The number of nitrogens with zero attached hydrogens (tertiary/aromatic N) is 2. The molecule has 12 heteroatoms. The van der Waals surface area contributed by atoms with Crippen molar-refractivity contribution in [1.82, 2.24) is 15.2 Å². The highest BCUT2D eigenvalue weighted by atomic mass is 32.2. The van der Waals surface area contributed by atoms with Crippen molar-refractivity contribution >= 4 is 44.1 Å². The number of carbonyl (C=O) groups excluding carboxylic acids is 3. The van der Waals surface area contributed by atoms with E-state index in [1.54, 1.807) is 12.1 Å². The van der Waals surface area contributed by atoms with Gasteiger partial charge in [0.2, 0.25) is 5.91 Å². The zero-order valence-electron chi connectivity index (χ0n) is 18.9. The van der Waals surface area contributed by atoms with Crippen molar-refractivity contribution in [3.05, 3.63) is 36.0 Å². The van der Waals surface area contributed by atoms with Crippen LogP contribution in [0.2, 0.25) is 0 Å². The first-order valence-corrected chi connectivity index (χ1v) is 13.7. The van der Waals surface area contributed by atoms with Crippen LogP contribution in [0.25, 0.3) is 0 Å². The van der Waals surface area contributed by atoms with Gasteiger partial charge in [0.25, 0.3) is 5.91 Å². The fraction of sp³-hybridized carbons (Fsp3) is 0.455. The van der Waals surface area contributed by atoms with Crippen LogP contribution in [-0.4, -0.2) is 68.5 Å². The number of amides is 2. The molecule has 3 rings (SSSR count). The van der Waals surface area contributed by atoms with Crippen molar-refractivity contribution in [2.45, 2.75) is 36.3 Å². The number of anilines is 1. The lowest BCUT2D eigenvalue weighted by molar-refractivity contribution is -0.134. The van der Waals surface area contributed by atoms with Crippen molar-refractivity contribution in [3.63, 3.8) is 0 Å². The van der Waals surface area contributed by atoms with Gasteiger partial charge in [-0.1, -0.05) is 23.5 Å². The molecule has 1 aromatic heterocycles. The lowest BCUT2D eigenvalue weighted by Crippen LogP contribution is -2.33. The lowest BCUT2D eigenvalue weighted by Gasteiger charge is -2.14. The molecule has 34 heavy (non-hydrogen) atoms. The number of aromatic nitrogens is 1. The molecule has 2 N–H and O–H groups in total. The van der Waals surface area contributed by atoms with Crippen molar-refractivity contribution in [3.8, 4) is 5.75 Å². The second-order valence-electron chi connectivity index (χ2n) is 7.93. The third-order valence-corrected chi connectivity index (χ3v) is 7.86. The van der Waals surface area contributed by atoms with E-state index in [0.29, 0.717) is 13.0 Å². The smallest absolute Gasteiger partial charge is 0.311 e. The summed E-state index contributed by atoms with van der Waals surface area (Å²) in [4.78, 5) is 43.1. The van der Waals surface area contributed by atoms with E-state index in [1.165, 1.54) is 31.2 Å². The molecule has 0 bridgehead atoms. The number of benzene rings is 1. The van der Waals surface area contributed by atoms with Gasteiger partial charge in [0.1, 0.15) is 9.96 Å². The van der Waals surface area contributed by atoms with Gasteiger partial charge in [0.15, 0.2) is 15.0 Å².